The molecule has 0 fully saturated rings. The molecule has 6 heteroatoms. The first kappa shape index (κ1) is 17.9. The van der Waals surface area contributed by atoms with Gasteiger partial charge in [0.2, 0.25) is 0 Å². The number of hydrogen-bond acceptors (Lipinski definition) is 3. The summed E-state index contributed by atoms with van der Waals surface area (Å²) >= 11 is 0. The number of alkyl halides is 3. The second-order valence-electron chi connectivity index (χ2n) is 5.59. The van der Waals surface area contributed by atoms with E-state index in [0.717, 1.165) is 12.1 Å². The molecule has 0 spiro atoms. The zero-order valence-corrected chi connectivity index (χ0v) is 12.2. The van der Waals surface area contributed by atoms with Crippen LogP contribution in [0.15, 0.2) is 24.3 Å². The molecule has 21 heavy (non-hydrogen) atoms. The number of aliphatic hydroxyl groups excluding tert-OH is 2. The normalized spacial score (nSPS) is 15.2. The number of nitrogens with one attached hydrogen (secondary N) is 1. The van der Waals surface area contributed by atoms with Crippen molar-refractivity contribution >= 4 is 0 Å². The molecular formula is C15H22F3NO2. The van der Waals surface area contributed by atoms with Crippen molar-refractivity contribution in [2.45, 2.75) is 38.7 Å². The molecule has 0 aliphatic rings. The highest BCUT2D eigenvalue weighted by Crippen LogP contribution is 2.29. The van der Waals surface area contributed by atoms with Gasteiger partial charge in [-0.1, -0.05) is 32.0 Å². The van der Waals surface area contributed by atoms with Crippen LogP contribution < -0.4 is 5.32 Å². The monoisotopic (exact) mass is 305 g/mol. The SMILES string of the molecule is CC(C)CNCC(O)C(O)Cc1cccc(C(F)(F)F)c1. The van der Waals surface area contributed by atoms with Gasteiger partial charge < -0.3 is 15.5 Å². The van der Waals surface area contributed by atoms with Crippen molar-refractivity contribution in [3.8, 4) is 0 Å². The number of rotatable bonds is 7. The summed E-state index contributed by atoms with van der Waals surface area (Å²) in [7, 11) is 0. The number of halogens is 3. The summed E-state index contributed by atoms with van der Waals surface area (Å²) in [5.41, 5.74) is -0.403. The zero-order valence-electron chi connectivity index (χ0n) is 12.2. The number of benzene rings is 1. The fourth-order valence-electron chi connectivity index (χ4n) is 1.91. The maximum atomic E-state index is 12.6. The topological polar surface area (TPSA) is 52.5 Å². The fraction of sp³-hybridized carbons (Fsp3) is 0.600. The first-order valence-electron chi connectivity index (χ1n) is 6.93. The van der Waals surface area contributed by atoms with Crippen molar-refractivity contribution in [3.63, 3.8) is 0 Å². The highest BCUT2D eigenvalue weighted by Gasteiger charge is 2.30. The molecule has 0 aliphatic heterocycles. The van der Waals surface area contributed by atoms with Gasteiger partial charge in [0.25, 0.3) is 0 Å². The molecule has 2 atom stereocenters. The molecule has 0 aliphatic carbocycles. The molecule has 1 aromatic rings. The Balaban J connectivity index is 2.56. The van der Waals surface area contributed by atoms with Crippen LogP contribution in [0.2, 0.25) is 0 Å². The van der Waals surface area contributed by atoms with E-state index in [4.69, 9.17) is 0 Å². The summed E-state index contributed by atoms with van der Waals surface area (Å²) < 4.78 is 37.8. The van der Waals surface area contributed by atoms with Gasteiger partial charge in [-0.05, 0) is 24.1 Å². The van der Waals surface area contributed by atoms with E-state index in [0.29, 0.717) is 18.0 Å². The van der Waals surface area contributed by atoms with Crippen molar-refractivity contribution in [3.05, 3.63) is 35.4 Å². The Morgan fingerprint density at radius 2 is 1.76 bits per heavy atom. The fourth-order valence-corrected chi connectivity index (χ4v) is 1.91. The van der Waals surface area contributed by atoms with Crippen molar-refractivity contribution in [2.24, 2.45) is 5.92 Å². The molecule has 0 aromatic heterocycles. The Labute approximate surface area is 122 Å². The first-order valence-corrected chi connectivity index (χ1v) is 6.93. The second-order valence-corrected chi connectivity index (χ2v) is 5.59. The van der Waals surface area contributed by atoms with E-state index in [2.05, 4.69) is 5.32 Å². The van der Waals surface area contributed by atoms with Crippen LogP contribution in [0.3, 0.4) is 0 Å². The molecule has 3 nitrogen and oxygen atoms in total. The lowest BCUT2D eigenvalue weighted by Crippen LogP contribution is -2.38. The van der Waals surface area contributed by atoms with Crippen LogP contribution in [0.4, 0.5) is 13.2 Å². The van der Waals surface area contributed by atoms with Crippen LogP contribution in [0.5, 0.6) is 0 Å². The lowest BCUT2D eigenvalue weighted by molar-refractivity contribution is -0.137. The third kappa shape index (κ3) is 6.46. The smallest absolute Gasteiger partial charge is 0.390 e. The molecule has 2 unspecified atom stereocenters. The van der Waals surface area contributed by atoms with E-state index < -0.39 is 23.9 Å². The maximum absolute atomic E-state index is 12.6. The molecule has 0 radical (unpaired) electrons. The Bertz CT molecular complexity index is 435. The summed E-state index contributed by atoms with van der Waals surface area (Å²) in [5, 5.41) is 22.6. The van der Waals surface area contributed by atoms with Gasteiger partial charge >= 0.3 is 6.18 Å². The minimum absolute atomic E-state index is 0.0194. The van der Waals surface area contributed by atoms with Gasteiger partial charge in [-0.25, -0.2) is 0 Å². The van der Waals surface area contributed by atoms with Crippen LogP contribution in [0.25, 0.3) is 0 Å². The van der Waals surface area contributed by atoms with E-state index in [-0.39, 0.29) is 13.0 Å². The van der Waals surface area contributed by atoms with Gasteiger partial charge in [0, 0.05) is 13.0 Å². The average molecular weight is 305 g/mol. The Hall–Kier alpha value is -1.11. The number of hydrogen-bond donors (Lipinski definition) is 3. The minimum Gasteiger partial charge on any atom is -0.390 e. The van der Waals surface area contributed by atoms with E-state index in [1.54, 1.807) is 0 Å². The Morgan fingerprint density at radius 3 is 2.33 bits per heavy atom. The van der Waals surface area contributed by atoms with E-state index in [9.17, 15) is 23.4 Å². The molecule has 0 saturated carbocycles. The Kier molecular flexibility index (Phi) is 6.64. The molecule has 1 aromatic carbocycles. The molecule has 0 amide bonds. The van der Waals surface area contributed by atoms with E-state index >= 15 is 0 Å². The van der Waals surface area contributed by atoms with Gasteiger partial charge in [0.05, 0.1) is 17.8 Å². The third-order valence-electron chi connectivity index (χ3n) is 3.05. The van der Waals surface area contributed by atoms with Crippen LogP contribution in [-0.2, 0) is 12.6 Å². The highest BCUT2D eigenvalue weighted by molar-refractivity contribution is 5.26. The standard InChI is InChI=1S/C15H22F3NO2/c1-10(2)8-19-9-14(21)13(20)7-11-4-3-5-12(6-11)15(16,17)18/h3-6,10,13-14,19-21H,7-9H2,1-2H3. The predicted octanol–water partition coefficient (Wildman–Crippen LogP) is 2.22. The van der Waals surface area contributed by atoms with Gasteiger partial charge in [0.15, 0.2) is 0 Å². The van der Waals surface area contributed by atoms with Crippen LogP contribution in [0, 0.1) is 5.92 Å². The van der Waals surface area contributed by atoms with Crippen molar-refractivity contribution in [2.75, 3.05) is 13.1 Å². The molecule has 0 bridgehead atoms. The second kappa shape index (κ2) is 7.77. The van der Waals surface area contributed by atoms with Crippen LogP contribution in [0.1, 0.15) is 25.0 Å². The predicted molar refractivity (Wildman–Crippen MR) is 74.9 cm³/mol. The molecule has 120 valence electrons. The van der Waals surface area contributed by atoms with Crippen molar-refractivity contribution < 1.29 is 23.4 Å². The first-order chi connectivity index (χ1) is 9.70. The van der Waals surface area contributed by atoms with Gasteiger partial charge in [0.1, 0.15) is 0 Å². The summed E-state index contributed by atoms with van der Waals surface area (Å²) in [6, 6.07) is 4.79. The maximum Gasteiger partial charge on any atom is 0.416 e. The zero-order chi connectivity index (χ0) is 16.0. The van der Waals surface area contributed by atoms with Crippen molar-refractivity contribution in [1.82, 2.24) is 5.32 Å². The lowest BCUT2D eigenvalue weighted by atomic mass is 10.0. The largest absolute Gasteiger partial charge is 0.416 e. The Morgan fingerprint density at radius 1 is 1.10 bits per heavy atom. The van der Waals surface area contributed by atoms with Crippen LogP contribution >= 0.6 is 0 Å². The average Bonchev–Trinajstić information content (AvgIpc) is 2.37. The summed E-state index contributed by atoms with van der Waals surface area (Å²) in [6.45, 7) is 4.93. The molecular weight excluding hydrogens is 283 g/mol. The quantitative estimate of drug-likeness (QED) is 0.724. The van der Waals surface area contributed by atoms with E-state index in [1.165, 1.54) is 12.1 Å². The summed E-state index contributed by atoms with van der Waals surface area (Å²) in [5.74, 6) is 0.415. The van der Waals surface area contributed by atoms with Gasteiger partial charge in [-0.15, -0.1) is 0 Å². The van der Waals surface area contributed by atoms with Gasteiger partial charge in [-0.3, -0.25) is 0 Å². The third-order valence-corrected chi connectivity index (χ3v) is 3.05. The molecule has 0 heterocycles. The van der Waals surface area contributed by atoms with Crippen LogP contribution in [-0.4, -0.2) is 35.5 Å². The van der Waals surface area contributed by atoms with Crippen molar-refractivity contribution in [1.29, 1.82) is 0 Å². The molecule has 0 saturated heterocycles. The highest BCUT2D eigenvalue weighted by atomic mass is 19.4. The summed E-state index contributed by atoms with van der Waals surface area (Å²) in [6.07, 6.45) is -6.54. The molecule has 3 N–H and O–H groups in total. The lowest BCUT2D eigenvalue weighted by Gasteiger charge is -2.19. The number of aliphatic hydroxyl groups is 2. The van der Waals surface area contributed by atoms with Gasteiger partial charge in [-0.2, -0.15) is 13.2 Å². The van der Waals surface area contributed by atoms with E-state index in [1.807, 2.05) is 13.8 Å². The molecule has 1 rings (SSSR count). The summed E-state index contributed by atoms with van der Waals surface area (Å²) in [4.78, 5) is 0. The minimum atomic E-state index is -4.40.